The van der Waals surface area contributed by atoms with E-state index in [2.05, 4.69) is 0 Å². The van der Waals surface area contributed by atoms with Gasteiger partial charge in [-0.25, -0.2) is 0 Å². The molecule has 9 heavy (non-hydrogen) atoms. The maximum absolute atomic E-state index is 10.3. The predicted octanol–water partition coefficient (Wildman–Crippen LogP) is 0.496. The molecule has 2 atom stereocenters. The molecule has 3 nitrogen and oxygen atoms in total. The Hall–Kier alpha value is -0.570. The van der Waals surface area contributed by atoms with Crippen molar-refractivity contribution in [3.05, 3.63) is 0 Å². The third-order valence-corrected chi connectivity index (χ3v) is 1.66. The van der Waals surface area contributed by atoms with Gasteiger partial charge in [0.25, 0.3) is 0 Å². The van der Waals surface area contributed by atoms with Crippen molar-refractivity contribution >= 4 is 5.97 Å². The smallest absolute Gasteiger partial charge is 0.311 e. The summed E-state index contributed by atoms with van der Waals surface area (Å²) in [6, 6.07) is 0. The van der Waals surface area contributed by atoms with E-state index in [1.807, 2.05) is 6.92 Å². The SMILES string of the molecule is CCC1OCC1C(=O)O. The number of aliphatic carboxylic acids is 1. The normalized spacial score (nSPS) is 33.4. The molecule has 1 saturated heterocycles. The van der Waals surface area contributed by atoms with Crippen LogP contribution in [-0.4, -0.2) is 23.8 Å². The molecule has 1 heterocycles. The molecule has 52 valence electrons. The Morgan fingerprint density at radius 1 is 1.89 bits per heavy atom. The van der Waals surface area contributed by atoms with E-state index in [9.17, 15) is 4.79 Å². The van der Waals surface area contributed by atoms with E-state index in [0.717, 1.165) is 6.42 Å². The summed E-state index contributed by atoms with van der Waals surface area (Å²) in [7, 11) is 0. The number of ether oxygens (including phenoxy) is 1. The largest absolute Gasteiger partial charge is 0.481 e. The molecule has 3 heteroatoms. The summed E-state index contributed by atoms with van der Waals surface area (Å²) in [4.78, 5) is 10.3. The van der Waals surface area contributed by atoms with Crippen LogP contribution in [0.1, 0.15) is 13.3 Å². The molecular formula is C6H10O3. The second-order valence-electron chi connectivity index (χ2n) is 2.22. The van der Waals surface area contributed by atoms with Crippen LogP contribution in [0.5, 0.6) is 0 Å². The van der Waals surface area contributed by atoms with E-state index in [-0.39, 0.29) is 12.0 Å². The molecule has 0 saturated carbocycles. The van der Waals surface area contributed by atoms with Crippen molar-refractivity contribution in [3.8, 4) is 0 Å². The molecule has 2 unspecified atom stereocenters. The number of rotatable bonds is 2. The summed E-state index contributed by atoms with van der Waals surface area (Å²) < 4.78 is 4.97. The molecule has 1 N–H and O–H groups in total. The van der Waals surface area contributed by atoms with Gasteiger partial charge in [-0.05, 0) is 6.42 Å². The lowest BCUT2D eigenvalue weighted by molar-refractivity contribution is -0.172. The van der Waals surface area contributed by atoms with Crippen LogP contribution in [0.4, 0.5) is 0 Å². The van der Waals surface area contributed by atoms with Crippen LogP contribution in [0, 0.1) is 5.92 Å². The molecule has 0 radical (unpaired) electrons. The molecule has 0 spiro atoms. The minimum absolute atomic E-state index is 0.0255. The van der Waals surface area contributed by atoms with Gasteiger partial charge in [-0.15, -0.1) is 0 Å². The first-order valence-electron chi connectivity index (χ1n) is 3.10. The number of carboxylic acid groups (broad SMARTS) is 1. The number of hydrogen-bond donors (Lipinski definition) is 1. The lowest BCUT2D eigenvalue weighted by Crippen LogP contribution is -2.44. The summed E-state index contributed by atoms with van der Waals surface area (Å²) in [5, 5.41) is 8.45. The quantitative estimate of drug-likeness (QED) is 0.592. The van der Waals surface area contributed by atoms with Gasteiger partial charge in [0.2, 0.25) is 0 Å². The highest BCUT2D eigenvalue weighted by molar-refractivity contribution is 5.71. The van der Waals surface area contributed by atoms with Gasteiger partial charge < -0.3 is 9.84 Å². The van der Waals surface area contributed by atoms with Gasteiger partial charge >= 0.3 is 5.97 Å². The lowest BCUT2D eigenvalue weighted by Gasteiger charge is -2.32. The molecule has 1 rings (SSSR count). The van der Waals surface area contributed by atoms with Gasteiger partial charge in [0.1, 0.15) is 5.92 Å². The second kappa shape index (κ2) is 2.35. The zero-order chi connectivity index (χ0) is 6.85. The van der Waals surface area contributed by atoms with Gasteiger partial charge in [0.15, 0.2) is 0 Å². The third-order valence-electron chi connectivity index (χ3n) is 1.66. The van der Waals surface area contributed by atoms with Crippen LogP contribution in [0.2, 0.25) is 0 Å². The Balaban J connectivity index is 2.35. The summed E-state index contributed by atoms with van der Waals surface area (Å²) in [6.45, 7) is 2.33. The van der Waals surface area contributed by atoms with Gasteiger partial charge in [0.05, 0.1) is 12.7 Å². The molecular weight excluding hydrogens is 120 g/mol. The zero-order valence-corrected chi connectivity index (χ0v) is 5.33. The van der Waals surface area contributed by atoms with Crippen molar-refractivity contribution < 1.29 is 14.6 Å². The Bertz CT molecular complexity index is 119. The fraction of sp³-hybridized carbons (Fsp3) is 0.833. The maximum atomic E-state index is 10.3. The van der Waals surface area contributed by atoms with Crippen molar-refractivity contribution in [1.29, 1.82) is 0 Å². The maximum Gasteiger partial charge on any atom is 0.311 e. The standard InChI is InChI=1S/C6H10O3/c1-2-5-4(3-9-5)6(7)8/h4-5H,2-3H2,1H3,(H,7,8). The van der Waals surface area contributed by atoms with E-state index in [1.54, 1.807) is 0 Å². The molecule has 0 aromatic heterocycles. The van der Waals surface area contributed by atoms with E-state index in [1.165, 1.54) is 0 Å². The van der Waals surface area contributed by atoms with Crippen LogP contribution < -0.4 is 0 Å². The van der Waals surface area contributed by atoms with Gasteiger partial charge in [-0.2, -0.15) is 0 Å². The van der Waals surface area contributed by atoms with E-state index in [4.69, 9.17) is 9.84 Å². The van der Waals surface area contributed by atoms with Gasteiger partial charge in [0, 0.05) is 0 Å². The van der Waals surface area contributed by atoms with Crippen LogP contribution in [0.3, 0.4) is 0 Å². The Kier molecular flexibility index (Phi) is 1.71. The summed E-state index contributed by atoms with van der Waals surface area (Å²) in [6.07, 6.45) is 0.777. The molecule has 0 aliphatic carbocycles. The third kappa shape index (κ3) is 1.05. The van der Waals surface area contributed by atoms with Crippen molar-refractivity contribution in [2.45, 2.75) is 19.4 Å². The monoisotopic (exact) mass is 130 g/mol. The van der Waals surface area contributed by atoms with E-state index < -0.39 is 5.97 Å². The van der Waals surface area contributed by atoms with Gasteiger partial charge in [-0.1, -0.05) is 6.92 Å². The van der Waals surface area contributed by atoms with Crippen molar-refractivity contribution in [1.82, 2.24) is 0 Å². The molecule has 1 aliphatic rings. The molecule has 1 aliphatic heterocycles. The first kappa shape index (κ1) is 6.55. The Morgan fingerprint density at radius 2 is 2.56 bits per heavy atom. The Morgan fingerprint density at radius 3 is 2.67 bits per heavy atom. The number of carbonyl (C=O) groups is 1. The van der Waals surface area contributed by atoms with Crippen LogP contribution in [0.15, 0.2) is 0 Å². The lowest BCUT2D eigenvalue weighted by atomic mass is 9.96. The zero-order valence-electron chi connectivity index (χ0n) is 5.33. The number of hydrogen-bond acceptors (Lipinski definition) is 2. The van der Waals surface area contributed by atoms with Crippen LogP contribution >= 0.6 is 0 Å². The highest BCUT2D eigenvalue weighted by Gasteiger charge is 2.36. The van der Waals surface area contributed by atoms with Gasteiger partial charge in [-0.3, -0.25) is 4.79 Å². The van der Waals surface area contributed by atoms with Crippen LogP contribution in [0.25, 0.3) is 0 Å². The van der Waals surface area contributed by atoms with Crippen molar-refractivity contribution in [2.75, 3.05) is 6.61 Å². The fourth-order valence-electron chi connectivity index (χ4n) is 0.961. The average molecular weight is 130 g/mol. The topological polar surface area (TPSA) is 46.5 Å². The highest BCUT2D eigenvalue weighted by atomic mass is 16.5. The predicted molar refractivity (Wildman–Crippen MR) is 31.2 cm³/mol. The minimum Gasteiger partial charge on any atom is -0.481 e. The van der Waals surface area contributed by atoms with Crippen molar-refractivity contribution in [2.24, 2.45) is 5.92 Å². The first-order chi connectivity index (χ1) is 4.25. The summed E-state index contributed by atoms with van der Waals surface area (Å²) in [5.41, 5.74) is 0. The molecule has 0 amide bonds. The average Bonchev–Trinajstić information content (AvgIpc) is 1.61. The second-order valence-corrected chi connectivity index (χ2v) is 2.22. The van der Waals surface area contributed by atoms with Crippen molar-refractivity contribution in [3.63, 3.8) is 0 Å². The minimum atomic E-state index is -0.729. The molecule has 0 aromatic carbocycles. The summed E-state index contributed by atoms with van der Waals surface area (Å²) >= 11 is 0. The number of carboxylic acids is 1. The molecule has 0 bridgehead atoms. The Labute approximate surface area is 53.6 Å². The summed E-state index contributed by atoms with van der Waals surface area (Å²) in [5.74, 6) is -0.969. The van der Waals surface area contributed by atoms with E-state index in [0.29, 0.717) is 6.61 Å². The first-order valence-corrected chi connectivity index (χ1v) is 3.10. The molecule has 1 fully saturated rings. The molecule has 0 aromatic rings. The highest BCUT2D eigenvalue weighted by Crippen LogP contribution is 2.22. The van der Waals surface area contributed by atoms with E-state index >= 15 is 0 Å². The van der Waals surface area contributed by atoms with Crippen LogP contribution in [-0.2, 0) is 9.53 Å². The fourth-order valence-corrected chi connectivity index (χ4v) is 0.961.